The van der Waals surface area contributed by atoms with Gasteiger partial charge < -0.3 is 9.15 Å². The number of aryl methyl sites for hydroxylation is 1. The van der Waals surface area contributed by atoms with Crippen LogP contribution in [0.15, 0.2) is 98.1 Å². The predicted molar refractivity (Wildman–Crippen MR) is 111 cm³/mol. The van der Waals surface area contributed by atoms with E-state index in [0.29, 0.717) is 22.4 Å². The summed E-state index contributed by atoms with van der Waals surface area (Å²) in [5, 5.41) is 0.642. The second-order valence-electron chi connectivity index (χ2n) is 6.59. The highest BCUT2D eigenvalue weighted by molar-refractivity contribution is 7.91. The largest absolute Gasteiger partial charge is 0.497 e. The predicted octanol–water partition coefficient (Wildman–Crippen LogP) is 4.82. The summed E-state index contributed by atoms with van der Waals surface area (Å²) in [7, 11) is -2.26. The first-order valence-electron chi connectivity index (χ1n) is 9.01. The van der Waals surface area contributed by atoms with Crippen molar-refractivity contribution in [2.45, 2.75) is 16.7 Å². The Labute approximate surface area is 168 Å². The lowest BCUT2D eigenvalue weighted by molar-refractivity contribution is 0.413. The van der Waals surface area contributed by atoms with Gasteiger partial charge in [-0.1, -0.05) is 30.3 Å². The number of nitrogens with zero attached hydrogens (tertiary/aromatic N) is 1. The maximum absolute atomic E-state index is 13.3. The third-order valence-electron chi connectivity index (χ3n) is 4.50. The number of fused-ring (bicyclic) bond motifs is 1. The first-order valence-corrected chi connectivity index (χ1v) is 10.5. The van der Waals surface area contributed by atoms with E-state index in [9.17, 15) is 8.42 Å². The molecule has 0 unspecified atom stereocenters. The van der Waals surface area contributed by atoms with Crippen molar-refractivity contribution in [1.82, 2.24) is 0 Å². The van der Waals surface area contributed by atoms with Crippen molar-refractivity contribution in [2.75, 3.05) is 7.11 Å². The summed E-state index contributed by atoms with van der Waals surface area (Å²) >= 11 is 0. The highest BCUT2D eigenvalue weighted by atomic mass is 32.2. The van der Waals surface area contributed by atoms with Crippen LogP contribution in [-0.4, -0.2) is 15.5 Å². The van der Waals surface area contributed by atoms with Gasteiger partial charge in [0.25, 0.3) is 0 Å². The monoisotopic (exact) mass is 405 g/mol. The zero-order valence-electron chi connectivity index (χ0n) is 16.0. The highest BCUT2D eigenvalue weighted by Crippen LogP contribution is 2.25. The molecule has 0 saturated heterocycles. The lowest BCUT2D eigenvalue weighted by Crippen LogP contribution is -2.15. The minimum atomic E-state index is -3.83. The molecule has 1 aromatic heterocycles. The van der Waals surface area contributed by atoms with Crippen molar-refractivity contribution in [3.63, 3.8) is 0 Å². The molecule has 6 heteroatoms. The van der Waals surface area contributed by atoms with Gasteiger partial charge in [0.15, 0.2) is 0 Å². The van der Waals surface area contributed by atoms with Gasteiger partial charge in [-0.05, 0) is 55.0 Å². The molecule has 0 N–H and O–H groups in total. The molecule has 0 aliphatic carbocycles. The van der Waals surface area contributed by atoms with Crippen LogP contribution >= 0.6 is 0 Å². The molecule has 1 heterocycles. The maximum atomic E-state index is 13.3. The zero-order valence-corrected chi connectivity index (χ0v) is 16.8. The molecule has 0 radical (unpaired) electrons. The summed E-state index contributed by atoms with van der Waals surface area (Å²) in [4.78, 5) is 4.71. The molecule has 4 rings (SSSR count). The van der Waals surface area contributed by atoms with Gasteiger partial charge >= 0.3 is 0 Å². The van der Waals surface area contributed by atoms with Crippen molar-refractivity contribution in [1.29, 1.82) is 0 Å². The number of rotatable bonds is 4. The number of benzene rings is 3. The Morgan fingerprint density at radius 1 is 0.897 bits per heavy atom. The second kappa shape index (κ2) is 7.56. The first-order chi connectivity index (χ1) is 14.0. The minimum Gasteiger partial charge on any atom is -0.497 e. The molecule has 4 aromatic rings. The van der Waals surface area contributed by atoms with Gasteiger partial charge in [0, 0.05) is 11.5 Å². The van der Waals surface area contributed by atoms with Crippen molar-refractivity contribution in [3.05, 3.63) is 90.0 Å². The maximum Gasteiger partial charge on any atom is 0.239 e. The molecular formula is C23H19NO4S. The fourth-order valence-electron chi connectivity index (χ4n) is 3.02. The van der Waals surface area contributed by atoms with Crippen LogP contribution in [0.3, 0.4) is 0 Å². The average molecular weight is 405 g/mol. The van der Waals surface area contributed by atoms with E-state index in [4.69, 9.17) is 9.15 Å². The number of hydrogen-bond donors (Lipinski definition) is 0. The fourth-order valence-corrected chi connectivity index (χ4v) is 4.39. The molecular weight excluding hydrogens is 386 g/mol. The van der Waals surface area contributed by atoms with Gasteiger partial charge in [-0.25, -0.2) is 13.4 Å². The number of hydrogen-bond acceptors (Lipinski definition) is 5. The minimum absolute atomic E-state index is 0.0165. The first kappa shape index (κ1) is 19.0. The van der Waals surface area contributed by atoms with Crippen molar-refractivity contribution >= 4 is 26.5 Å². The lowest BCUT2D eigenvalue weighted by Gasteiger charge is -2.08. The third kappa shape index (κ3) is 3.79. The quantitative estimate of drug-likeness (QED) is 0.488. The van der Waals surface area contributed by atoms with Crippen molar-refractivity contribution in [3.8, 4) is 5.75 Å². The molecule has 146 valence electrons. The van der Waals surface area contributed by atoms with Crippen LogP contribution < -0.4 is 10.3 Å². The molecule has 0 fully saturated rings. The summed E-state index contributed by atoms with van der Waals surface area (Å²) < 4.78 is 37.9. The summed E-state index contributed by atoms with van der Waals surface area (Å²) in [5.74, 6) is 0.612. The van der Waals surface area contributed by atoms with E-state index >= 15 is 0 Å². The topological polar surface area (TPSA) is 68.9 Å². The number of methoxy groups -OCH3 is 1. The summed E-state index contributed by atoms with van der Waals surface area (Å²) in [6.45, 7) is 1.95. The molecule has 5 nitrogen and oxygen atoms in total. The van der Waals surface area contributed by atoms with E-state index in [2.05, 4.69) is 4.99 Å². The van der Waals surface area contributed by atoms with Crippen LogP contribution in [0, 0.1) is 6.92 Å². The fraction of sp³-hybridized carbons (Fsp3) is 0.0870. The van der Waals surface area contributed by atoms with Gasteiger partial charge in [0.1, 0.15) is 16.2 Å². The van der Waals surface area contributed by atoms with E-state index in [0.717, 1.165) is 5.56 Å². The molecule has 0 aliphatic rings. The van der Waals surface area contributed by atoms with Crippen LogP contribution in [0.5, 0.6) is 5.75 Å². The molecule has 0 amide bonds. The molecule has 0 saturated carbocycles. The average Bonchev–Trinajstić information content (AvgIpc) is 2.73. The van der Waals surface area contributed by atoms with Gasteiger partial charge in [0.2, 0.25) is 15.4 Å². The van der Waals surface area contributed by atoms with Crippen molar-refractivity contribution in [2.24, 2.45) is 4.99 Å². The normalized spacial score (nSPS) is 12.3. The third-order valence-corrected chi connectivity index (χ3v) is 6.26. The summed E-state index contributed by atoms with van der Waals surface area (Å²) in [5.41, 5.74) is 2.14. The number of sulfone groups is 1. The second-order valence-corrected chi connectivity index (χ2v) is 8.50. The molecule has 0 aliphatic heterocycles. The van der Waals surface area contributed by atoms with Crippen molar-refractivity contribution < 1.29 is 17.6 Å². The Morgan fingerprint density at radius 3 is 2.41 bits per heavy atom. The van der Waals surface area contributed by atoms with Gasteiger partial charge in [-0.2, -0.15) is 0 Å². The Balaban J connectivity index is 2.04. The van der Waals surface area contributed by atoms with Gasteiger partial charge in [-0.15, -0.1) is 0 Å². The molecule has 0 bridgehead atoms. The summed E-state index contributed by atoms with van der Waals surface area (Å²) in [6.07, 6.45) is 0. The SMILES string of the molecule is COc1ccc2cc(S(=O)(=O)c3ccccc3)c(=Nc3cccc(C)c3)oc2c1. The van der Waals surface area contributed by atoms with Gasteiger partial charge in [0.05, 0.1) is 17.7 Å². The van der Waals surface area contributed by atoms with E-state index in [1.165, 1.54) is 0 Å². The van der Waals surface area contributed by atoms with E-state index in [-0.39, 0.29) is 15.3 Å². The lowest BCUT2D eigenvalue weighted by atomic mass is 10.2. The van der Waals surface area contributed by atoms with Crippen LogP contribution in [0.4, 0.5) is 5.69 Å². The zero-order chi connectivity index (χ0) is 20.4. The Hall–Kier alpha value is -3.38. The Kier molecular flexibility index (Phi) is 4.94. The molecule has 0 spiro atoms. The van der Waals surface area contributed by atoms with E-state index in [1.807, 2.05) is 25.1 Å². The van der Waals surface area contributed by atoms with E-state index in [1.54, 1.807) is 67.8 Å². The van der Waals surface area contributed by atoms with Gasteiger partial charge in [-0.3, -0.25) is 0 Å². The Morgan fingerprint density at radius 2 is 1.69 bits per heavy atom. The van der Waals surface area contributed by atoms with Crippen LogP contribution in [0.25, 0.3) is 11.0 Å². The molecule has 0 atom stereocenters. The highest BCUT2D eigenvalue weighted by Gasteiger charge is 2.22. The van der Waals surface area contributed by atoms with Crippen LogP contribution in [0.2, 0.25) is 0 Å². The van der Waals surface area contributed by atoms with E-state index < -0.39 is 9.84 Å². The Bertz CT molecular complexity index is 1360. The molecule has 3 aromatic carbocycles. The smallest absolute Gasteiger partial charge is 0.239 e. The van der Waals surface area contributed by atoms with Crippen LogP contribution in [0.1, 0.15) is 5.56 Å². The van der Waals surface area contributed by atoms with Crippen LogP contribution in [-0.2, 0) is 9.84 Å². The standard InChI is InChI=1S/C23H19NO4S/c1-16-7-6-8-18(13-16)24-23-22(29(25,26)20-9-4-3-5-10-20)14-17-11-12-19(27-2)15-21(17)28-23/h3-15H,1-2H3. The molecule has 29 heavy (non-hydrogen) atoms. The summed E-state index contributed by atoms with van der Waals surface area (Å²) in [6, 6.07) is 22.6. The number of ether oxygens (including phenoxy) is 1.